The van der Waals surface area contributed by atoms with Crippen molar-refractivity contribution < 1.29 is 14.8 Å². The quantitative estimate of drug-likeness (QED) is 0.220. The molecule has 0 aliphatic carbocycles. The van der Waals surface area contributed by atoms with Gasteiger partial charge in [0, 0.05) is 11.3 Å². The first-order valence-electron chi connectivity index (χ1n) is 8.10. The molecule has 5 heteroatoms. The van der Waals surface area contributed by atoms with Gasteiger partial charge < -0.3 is 5.11 Å². The molecule has 1 unspecified atom stereocenters. The topological polar surface area (TPSA) is 80.4 Å². The van der Waals surface area contributed by atoms with Crippen LogP contribution in [-0.4, -0.2) is 22.0 Å². The summed E-state index contributed by atoms with van der Waals surface area (Å²) in [6.07, 6.45) is 15.6. The second-order valence-corrected chi connectivity index (χ2v) is 5.45. The molecule has 0 aromatic heterocycles. The average molecular weight is 299 g/mol. The molecule has 0 heterocycles. The predicted octanol–water partition coefficient (Wildman–Crippen LogP) is 4.58. The Morgan fingerprint density at radius 2 is 1.57 bits per heavy atom. The highest BCUT2D eigenvalue weighted by molar-refractivity contribution is 5.71. The van der Waals surface area contributed by atoms with Crippen LogP contribution in [0.25, 0.3) is 0 Å². The zero-order valence-corrected chi connectivity index (χ0v) is 13.1. The summed E-state index contributed by atoms with van der Waals surface area (Å²) in [5, 5.41) is 19.1. The second kappa shape index (κ2) is 13.6. The Morgan fingerprint density at radius 3 is 2.10 bits per heavy atom. The van der Waals surface area contributed by atoms with Gasteiger partial charge in [0.05, 0.1) is 0 Å². The van der Waals surface area contributed by atoms with Crippen molar-refractivity contribution in [2.24, 2.45) is 0 Å². The Kier molecular flexibility index (Phi) is 12.7. The predicted molar refractivity (Wildman–Crippen MR) is 84.0 cm³/mol. The molecule has 0 spiro atoms. The molecule has 0 amide bonds. The summed E-state index contributed by atoms with van der Waals surface area (Å²) in [5.74, 6) is -1.34. The van der Waals surface area contributed by atoms with Crippen LogP contribution in [-0.2, 0) is 4.79 Å². The summed E-state index contributed by atoms with van der Waals surface area (Å²) >= 11 is 0. The summed E-state index contributed by atoms with van der Waals surface area (Å²) in [5.41, 5.74) is 0. The molecule has 0 aliphatic heterocycles. The van der Waals surface area contributed by atoms with Gasteiger partial charge in [-0.05, 0) is 25.7 Å². The number of unbranched alkanes of at least 4 members (excludes halogenated alkanes) is 8. The molecule has 0 radical (unpaired) electrons. The highest BCUT2D eigenvalue weighted by atomic mass is 16.6. The maximum Gasteiger partial charge on any atom is 0.379 e. The number of aliphatic carboxylic acids is 1. The third kappa shape index (κ3) is 12.1. The monoisotopic (exact) mass is 299 g/mol. The lowest BCUT2D eigenvalue weighted by Crippen LogP contribution is -2.28. The first-order valence-corrected chi connectivity index (χ1v) is 8.10. The number of rotatable bonds is 14. The van der Waals surface area contributed by atoms with Crippen molar-refractivity contribution in [3.8, 4) is 0 Å². The van der Waals surface area contributed by atoms with Crippen LogP contribution < -0.4 is 0 Å². The molecule has 0 rings (SSSR count). The molecule has 0 saturated carbocycles. The first kappa shape index (κ1) is 19.6. The SMILES string of the molecule is CCCCCCCCCC=CCCCC(C(=O)O)[N+](=O)[O-]. The van der Waals surface area contributed by atoms with Gasteiger partial charge in [0.1, 0.15) is 0 Å². The number of nitro groups is 1. The van der Waals surface area contributed by atoms with Crippen LogP contribution in [0.3, 0.4) is 0 Å². The lowest BCUT2D eigenvalue weighted by Gasteiger charge is -2.02. The molecule has 1 atom stereocenters. The van der Waals surface area contributed by atoms with Gasteiger partial charge in [0.25, 0.3) is 0 Å². The fourth-order valence-electron chi connectivity index (χ4n) is 2.20. The lowest BCUT2D eigenvalue weighted by atomic mass is 10.1. The van der Waals surface area contributed by atoms with Gasteiger partial charge in [0.2, 0.25) is 0 Å². The molecule has 0 bridgehead atoms. The number of hydrogen-bond acceptors (Lipinski definition) is 3. The zero-order valence-electron chi connectivity index (χ0n) is 13.1. The number of allylic oxidation sites excluding steroid dienone is 2. The lowest BCUT2D eigenvalue weighted by molar-refractivity contribution is -0.511. The molecule has 0 fully saturated rings. The van der Waals surface area contributed by atoms with E-state index in [1.54, 1.807) is 0 Å². The summed E-state index contributed by atoms with van der Waals surface area (Å²) in [4.78, 5) is 20.4. The third-order valence-corrected chi connectivity index (χ3v) is 3.53. The van der Waals surface area contributed by atoms with Crippen LogP contribution in [0.5, 0.6) is 0 Å². The first-order chi connectivity index (χ1) is 10.1. The summed E-state index contributed by atoms with van der Waals surface area (Å²) in [6.45, 7) is 2.22. The van der Waals surface area contributed by atoms with Gasteiger partial charge in [-0.15, -0.1) is 0 Å². The number of nitrogens with zero attached hydrogens (tertiary/aromatic N) is 1. The van der Waals surface area contributed by atoms with Gasteiger partial charge in [-0.25, -0.2) is 4.79 Å². The molecular formula is C16H29NO4. The van der Waals surface area contributed by atoms with Crippen molar-refractivity contribution in [2.45, 2.75) is 83.6 Å². The van der Waals surface area contributed by atoms with Gasteiger partial charge in [-0.2, -0.15) is 0 Å². The van der Waals surface area contributed by atoms with Crippen LogP contribution in [0.2, 0.25) is 0 Å². The van der Waals surface area contributed by atoms with E-state index in [2.05, 4.69) is 13.0 Å². The van der Waals surface area contributed by atoms with Crippen LogP contribution in [0.4, 0.5) is 0 Å². The van der Waals surface area contributed by atoms with E-state index in [-0.39, 0.29) is 6.42 Å². The fraction of sp³-hybridized carbons (Fsp3) is 0.812. The van der Waals surface area contributed by atoms with Gasteiger partial charge in [-0.1, -0.05) is 57.6 Å². The summed E-state index contributed by atoms with van der Waals surface area (Å²) in [7, 11) is 0. The molecule has 0 saturated heterocycles. The highest BCUT2D eigenvalue weighted by Gasteiger charge is 2.27. The van der Waals surface area contributed by atoms with Gasteiger partial charge in [0.15, 0.2) is 0 Å². The Bertz CT molecular complexity index is 301. The average Bonchev–Trinajstić information content (AvgIpc) is 2.43. The normalized spacial score (nSPS) is 12.6. The van der Waals surface area contributed by atoms with Crippen LogP contribution in [0.15, 0.2) is 12.2 Å². The molecule has 0 aliphatic rings. The molecule has 0 aromatic rings. The van der Waals surface area contributed by atoms with Crippen molar-refractivity contribution in [2.75, 3.05) is 0 Å². The van der Waals surface area contributed by atoms with E-state index in [0.717, 1.165) is 6.42 Å². The van der Waals surface area contributed by atoms with Crippen LogP contribution >= 0.6 is 0 Å². The summed E-state index contributed by atoms with van der Waals surface area (Å²) < 4.78 is 0. The van der Waals surface area contributed by atoms with Crippen LogP contribution in [0.1, 0.15) is 77.6 Å². The maximum atomic E-state index is 10.6. The van der Waals surface area contributed by atoms with E-state index in [4.69, 9.17) is 5.11 Å². The Morgan fingerprint density at radius 1 is 1.05 bits per heavy atom. The molecule has 5 nitrogen and oxygen atoms in total. The van der Waals surface area contributed by atoms with E-state index in [1.165, 1.54) is 44.9 Å². The molecule has 1 N–H and O–H groups in total. The molecule has 122 valence electrons. The number of carboxylic acids is 1. The van der Waals surface area contributed by atoms with Crippen molar-refractivity contribution in [1.29, 1.82) is 0 Å². The van der Waals surface area contributed by atoms with Crippen molar-refractivity contribution in [3.63, 3.8) is 0 Å². The maximum absolute atomic E-state index is 10.6. The molecular weight excluding hydrogens is 270 g/mol. The standard InChI is InChI=1S/C16H29NO4/c1-2-3-4-5-6-7-8-9-10-11-12-13-14-15(16(18)19)17(20)21/h10-11,15H,2-9,12-14H2,1H3,(H,18,19). The highest BCUT2D eigenvalue weighted by Crippen LogP contribution is 2.09. The van der Waals surface area contributed by atoms with Crippen molar-refractivity contribution in [3.05, 3.63) is 22.3 Å². The largest absolute Gasteiger partial charge is 0.476 e. The minimum Gasteiger partial charge on any atom is -0.476 e. The summed E-state index contributed by atoms with van der Waals surface area (Å²) in [6, 6.07) is -1.46. The van der Waals surface area contributed by atoms with E-state index >= 15 is 0 Å². The Balaban J connectivity index is 3.44. The van der Waals surface area contributed by atoms with Gasteiger partial charge in [-0.3, -0.25) is 10.1 Å². The van der Waals surface area contributed by atoms with Gasteiger partial charge >= 0.3 is 12.0 Å². The Hall–Kier alpha value is -1.39. The third-order valence-electron chi connectivity index (χ3n) is 3.53. The van der Waals surface area contributed by atoms with E-state index in [1.807, 2.05) is 6.08 Å². The van der Waals surface area contributed by atoms with Crippen molar-refractivity contribution >= 4 is 5.97 Å². The second-order valence-electron chi connectivity index (χ2n) is 5.45. The minimum atomic E-state index is -1.46. The van der Waals surface area contributed by atoms with Crippen molar-refractivity contribution in [1.82, 2.24) is 0 Å². The molecule has 21 heavy (non-hydrogen) atoms. The smallest absolute Gasteiger partial charge is 0.379 e. The molecule has 0 aromatic carbocycles. The van der Waals surface area contributed by atoms with E-state index in [0.29, 0.717) is 12.8 Å². The Labute approximate surface area is 127 Å². The minimum absolute atomic E-state index is 0.101. The number of carboxylic acid groups (broad SMARTS) is 1. The fourth-order valence-corrected chi connectivity index (χ4v) is 2.20. The van der Waals surface area contributed by atoms with Crippen LogP contribution in [0, 0.1) is 10.1 Å². The number of hydrogen-bond donors (Lipinski definition) is 1. The van der Waals surface area contributed by atoms with E-state index < -0.39 is 16.9 Å². The number of carbonyl (C=O) groups is 1. The van der Waals surface area contributed by atoms with E-state index in [9.17, 15) is 14.9 Å². The zero-order chi connectivity index (χ0) is 15.9.